The number of nitrogens with one attached hydrogen (secondary N) is 2. The molecular formula is C22H28N4O. The smallest absolute Gasteiger partial charge is 0.191 e. The van der Waals surface area contributed by atoms with Crippen LogP contribution >= 0.6 is 0 Å². The zero-order valence-electron chi connectivity index (χ0n) is 16.1. The molecule has 5 nitrogen and oxygen atoms in total. The summed E-state index contributed by atoms with van der Waals surface area (Å²) in [7, 11) is 1.78. The van der Waals surface area contributed by atoms with E-state index >= 15 is 0 Å². The van der Waals surface area contributed by atoms with Gasteiger partial charge < -0.3 is 20.3 Å². The molecule has 3 rings (SSSR count). The van der Waals surface area contributed by atoms with Crippen molar-refractivity contribution in [2.75, 3.05) is 38.2 Å². The first-order valence-corrected chi connectivity index (χ1v) is 9.37. The van der Waals surface area contributed by atoms with Crippen molar-refractivity contribution in [3.63, 3.8) is 0 Å². The van der Waals surface area contributed by atoms with Crippen LogP contribution in [0.15, 0.2) is 65.7 Å². The van der Waals surface area contributed by atoms with Crippen molar-refractivity contribution in [3.05, 3.63) is 71.8 Å². The molecule has 0 bridgehead atoms. The standard InChI is InChI=1S/C22H28N4O/c1-18-5-11-21(12-6-18)27-16-13-24-22(23-2)25-17-19-7-9-20(10-8-19)26-14-3-4-15-26/h3-12H,13-17H2,1-2H3,(H2,23,24,25). The van der Waals surface area contributed by atoms with Gasteiger partial charge >= 0.3 is 0 Å². The molecule has 1 aliphatic rings. The van der Waals surface area contributed by atoms with E-state index in [9.17, 15) is 0 Å². The lowest BCUT2D eigenvalue weighted by molar-refractivity contribution is 0.322. The van der Waals surface area contributed by atoms with Crippen LogP contribution in [0.3, 0.4) is 0 Å². The normalized spacial score (nSPS) is 13.7. The Labute approximate surface area is 161 Å². The SMILES string of the molecule is CN=C(NCCOc1ccc(C)cc1)NCc1ccc(N2CC=CC2)cc1. The van der Waals surface area contributed by atoms with Crippen LogP contribution in [0.25, 0.3) is 0 Å². The molecule has 0 radical (unpaired) electrons. The molecule has 0 unspecified atom stereocenters. The Morgan fingerprint density at radius 2 is 1.70 bits per heavy atom. The lowest BCUT2D eigenvalue weighted by Crippen LogP contribution is -2.38. The summed E-state index contributed by atoms with van der Waals surface area (Å²) in [4.78, 5) is 6.60. The largest absolute Gasteiger partial charge is 0.492 e. The molecule has 5 heteroatoms. The Kier molecular flexibility index (Phi) is 6.74. The molecule has 1 aliphatic heterocycles. The van der Waals surface area contributed by atoms with Crippen LogP contribution in [0.2, 0.25) is 0 Å². The second-order valence-electron chi connectivity index (χ2n) is 6.56. The van der Waals surface area contributed by atoms with Crippen LogP contribution in [0.4, 0.5) is 5.69 Å². The number of hydrogen-bond acceptors (Lipinski definition) is 3. The van der Waals surface area contributed by atoms with Crippen molar-refractivity contribution in [2.24, 2.45) is 4.99 Å². The third kappa shape index (κ3) is 5.78. The molecule has 0 saturated carbocycles. The van der Waals surface area contributed by atoms with Gasteiger partial charge in [0.15, 0.2) is 5.96 Å². The van der Waals surface area contributed by atoms with Gasteiger partial charge in [0, 0.05) is 32.4 Å². The number of rotatable bonds is 7. The topological polar surface area (TPSA) is 48.9 Å². The molecule has 0 fully saturated rings. The first-order valence-electron chi connectivity index (χ1n) is 9.37. The number of benzene rings is 2. The fourth-order valence-electron chi connectivity index (χ4n) is 2.89. The number of ether oxygens (including phenoxy) is 1. The van der Waals surface area contributed by atoms with Crippen molar-refractivity contribution in [2.45, 2.75) is 13.5 Å². The predicted molar refractivity (Wildman–Crippen MR) is 113 cm³/mol. The van der Waals surface area contributed by atoms with Gasteiger partial charge in [-0.3, -0.25) is 4.99 Å². The van der Waals surface area contributed by atoms with Gasteiger partial charge in [-0.1, -0.05) is 42.0 Å². The molecular weight excluding hydrogens is 336 g/mol. The summed E-state index contributed by atoms with van der Waals surface area (Å²) in [6, 6.07) is 16.8. The average Bonchev–Trinajstić information content (AvgIpc) is 3.24. The van der Waals surface area contributed by atoms with Crippen molar-refractivity contribution < 1.29 is 4.74 Å². The van der Waals surface area contributed by atoms with E-state index in [-0.39, 0.29) is 0 Å². The molecule has 0 amide bonds. The van der Waals surface area contributed by atoms with Crippen LogP contribution in [0.1, 0.15) is 11.1 Å². The number of aliphatic imine (C=N–C) groups is 1. The Hall–Kier alpha value is -2.95. The molecule has 0 saturated heterocycles. The van der Waals surface area contributed by atoms with Crippen LogP contribution in [-0.2, 0) is 6.54 Å². The second-order valence-corrected chi connectivity index (χ2v) is 6.56. The predicted octanol–water partition coefficient (Wildman–Crippen LogP) is 3.12. The molecule has 2 N–H and O–H groups in total. The summed E-state index contributed by atoms with van der Waals surface area (Å²) in [5.74, 6) is 1.66. The molecule has 1 heterocycles. The van der Waals surface area contributed by atoms with Crippen LogP contribution in [0.5, 0.6) is 5.75 Å². The van der Waals surface area contributed by atoms with E-state index in [1.807, 2.05) is 12.1 Å². The van der Waals surface area contributed by atoms with E-state index in [0.29, 0.717) is 13.2 Å². The molecule has 2 aromatic rings. The van der Waals surface area contributed by atoms with Gasteiger partial charge in [0.05, 0.1) is 6.54 Å². The van der Waals surface area contributed by atoms with E-state index in [2.05, 4.69) is 76.0 Å². The van der Waals surface area contributed by atoms with E-state index < -0.39 is 0 Å². The van der Waals surface area contributed by atoms with Gasteiger partial charge in [0.2, 0.25) is 0 Å². The van der Waals surface area contributed by atoms with E-state index in [0.717, 1.165) is 31.3 Å². The molecule has 0 aliphatic carbocycles. The summed E-state index contributed by atoms with van der Waals surface area (Å²) >= 11 is 0. The lowest BCUT2D eigenvalue weighted by atomic mass is 10.2. The highest BCUT2D eigenvalue weighted by molar-refractivity contribution is 5.79. The minimum atomic E-state index is 0.586. The third-order valence-corrected chi connectivity index (χ3v) is 4.49. The fourth-order valence-corrected chi connectivity index (χ4v) is 2.89. The number of aryl methyl sites for hydroxylation is 1. The van der Waals surface area contributed by atoms with Crippen LogP contribution in [-0.4, -0.2) is 39.2 Å². The number of anilines is 1. The molecule has 0 spiro atoms. The molecule has 27 heavy (non-hydrogen) atoms. The first-order chi connectivity index (χ1) is 13.2. The lowest BCUT2D eigenvalue weighted by Gasteiger charge is -2.18. The summed E-state index contributed by atoms with van der Waals surface area (Å²) in [5, 5.41) is 6.61. The number of guanidine groups is 1. The van der Waals surface area contributed by atoms with E-state index in [1.165, 1.54) is 16.8 Å². The minimum absolute atomic E-state index is 0.586. The van der Waals surface area contributed by atoms with Gasteiger partial charge in [0.25, 0.3) is 0 Å². The zero-order chi connectivity index (χ0) is 18.9. The van der Waals surface area contributed by atoms with Crippen LogP contribution < -0.4 is 20.3 Å². The zero-order valence-corrected chi connectivity index (χ0v) is 16.1. The highest BCUT2D eigenvalue weighted by Crippen LogP contribution is 2.17. The highest BCUT2D eigenvalue weighted by Gasteiger charge is 2.07. The summed E-state index contributed by atoms with van der Waals surface area (Å²) < 4.78 is 5.73. The first kappa shape index (κ1) is 18.8. The Bertz CT molecular complexity index is 758. The number of hydrogen-bond donors (Lipinski definition) is 2. The maximum atomic E-state index is 5.73. The summed E-state index contributed by atoms with van der Waals surface area (Å²) in [6.07, 6.45) is 4.40. The second kappa shape index (κ2) is 9.67. The Morgan fingerprint density at radius 1 is 1.00 bits per heavy atom. The number of nitrogens with zero attached hydrogens (tertiary/aromatic N) is 2. The maximum absolute atomic E-state index is 5.73. The van der Waals surface area contributed by atoms with Gasteiger partial charge in [-0.2, -0.15) is 0 Å². The van der Waals surface area contributed by atoms with Crippen molar-refractivity contribution in [3.8, 4) is 5.75 Å². The average molecular weight is 364 g/mol. The monoisotopic (exact) mass is 364 g/mol. The Balaban J connectivity index is 1.37. The summed E-state index contributed by atoms with van der Waals surface area (Å²) in [6.45, 7) is 6.07. The summed E-state index contributed by atoms with van der Waals surface area (Å²) in [5.41, 5.74) is 3.72. The minimum Gasteiger partial charge on any atom is -0.492 e. The van der Waals surface area contributed by atoms with Gasteiger partial charge in [0.1, 0.15) is 12.4 Å². The Morgan fingerprint density at radius 3 is 2.37 bits per heavy atom. The van der Waals surface area contributed by atoms with Crippen molar-refractivity contribution in [1.29, 1.82) is 0 Å². The quantitative estimate of drug-likeness (QED) is 0.343. The highest BCUT2D eigenvalue weighted by atomic mass is 16.5. The van der Waals surface area contributed by atoms with Gasteiger partial charge in [-0.15, -0.1) is 0 Å². The molecule has 0 atom stereocenters. The maximum Gasteiger partial charge on any atom is 0.191 e. The molecule has 142 valence electrons. The van der Waals surface area contributed by atoms with Crippen molar-refractivity contribution in [1.82, 2.24) is 10.6 Å². The fraction of sp³-hybridized carbons (Fsp3) is 0.318. The third-order valence-electron chi connectivity index (χ3n) is 4.49. The molecule has 0 aromatic heterocycles. The van der Waals surface area contributed by atoms with E-state index in [4.69, 9.17) is 4.74 Å². The molecule has 2 aromatic carbocycles. The van der Waals surface area contributed by atoms with Crippen LogP contribution in [0, 0.1) is 6.92 Å². The van der Waals surface area contributed by atoms with Crippen molar-refractivity contribution >= 4 is 11.6 Å². The van der Waals surface area contributed by atoms with Gasteiger partial charge in [-0.05, 0) is 36.8 Å². The van der Waals surface area contributed by atoms with E-state index in [1.54, 1.807) is 7.05 Å². The van der Waals surface area contributed by atoms with Gasteiger partial charge in [-0.25, -0.2) is 0 Å².